The molecule has 2 rings (SSSR count). The molecular formula is C15H21FN2O2. The number of carbonyl (C=O) groups excluding carboxylic acids is 1. The third kappa shape index (κ3) is 4.20. The average molecular weight is 280 g/mol. The number of amides is 1. The Labute approximate surface area is 118 Å². The highest BCUT2D eigenvalue weighted by Gasteiger charge is 2.30. The number of hydrogen-bond donors (Lipinski definition) is 2. The molecule has 0 saturated carbocycles. The Balaban J connectivity index is 1.61. The van der Waals surface area contributed by atoms with Crippen LogP contribution in [-0.2, 0) is 9.53 Å². The minimum atomic E-state index is -0.300. The number of anilines is 1. The van der Waals surface area contributed by atoms with Crippen LogP contribution in [-0.4, -0.2) is 31.7 Å². The first-order chi connectivity index (χ1) is 9.66. The highest BCUT2D eigenvalue weighted by Crippen LogP contribution is 2.19. The van der Waals surface area contributed by atoms with Gasteiger partial charge in [0.05, 0.1) is 0 Å². The van der Waals surface area contributed by atoms with Gasteiger partial charge in [0.2, 0.25) is 5.91 Å². The summed E-state index contributed by atoms with van der Waals surface area (Å²) in [7, 11) is 0. The third-order valence-electron chi connectivity index (χ3n) is 3.45. The number of hydrogen-bond acceptors (Lipinski definition) is 3. The van der Waals surface area contributed by atoms with Crippen LogP contribution in [0.25, 0.3) is 0 Å². The van der Waals surface area contributed by atoms with Crippen molar-refractivity contribution < 1.29 is 13.9 Å². The van der Waals surface area contributed by atoms with Gasteiger partial charge in [0.25, 0.3) is 0 Å². The Kier molecular flexibility index (Phi) is 5.35. The van der Waals surface area contributed by atoms with Crippen molar-refractivity contribution in [3.05, 3.63) is 30.1 Å². The SMILES string of the molecule is C[C@@H]1CCO[C@@H]1C(=O)NCCCNc1cccc(F)c1. The van der Waals surface area contributed by atoms with Gasteiger partial charge >= 0.3 is 0 Å². The van der Waals surface area contributed by atoms with E-state index in [2.05, 4.69) is 10.6 Å². The van der Waals surface area contributed by atoms with Crippen LogP contribution in [0.5, 0.6) is 0 Å². The molecule has 2 atom stereocenters. The predicted molar refractivity (Wildman–Crippen MR) is 76.0 cm³/mol. The second-order valence-corrected chi connectivity index (χ2v) is 5.14. The monoisotopic (exact) mass is 280 g/mol. The number of nitrogens with one attached hydrogen (secondary N) is 2. The number of benzene rings is 1. The van der Waals surface area contributed by atoms with E-state index in [4.69, 9.17) is 4.74 Å². The van der Waals surface area contributed by atoms with Gasteiger partial charge in [-0.1, -0.05) is 13.0 Å². The van der Waals surface area contributed by atoms with Gasteiger partial charge in [-0.25, -0.2) is 4.39 Å². The summed E-state index contributed by atoms with van der Waals surface area (Å²) < 4.78 is 18.3. The minimum absolute atomic E-state index is 0.0271. The third-order valence-corrected chi connectivity index (χ3v) is 3.45. The fraction of sp³-hybridized carbons (Fsp3) is 0.533. The molecule has 4 nitrogen and oxygen atoms in total. The van der Waals surface area contributed by atoms with E-state index in [0.717, 1.165) is 18.5 Å². The van der Waals surface area contributed by atoms with Crippen LogP contribution in [0.3, 0.4) is 0 Å². The molecule has 1 saturated heterocycles. The zero-order chi connectivity index (χ0) is 14.4. The largest absolute Gasteiger partial charge is 0.385 e. The van der Waals surface area contributed by atoms with Gasteiger partial charge in [0, 0.05) is 25.4 Å². The summed E-state index contributed by atoms with van der Waals surface area (Å²) in [6.45, 7) is 3.97. The van der Waals surface area contributed by atoms with Crippen molar-refractivity contribution in [1.82, 2.24) is 5.32 Å². The van der Waals surface area contributed by atoms with E-state index < -0.39 is 0 Å². The summed E-state index contributed by atoms with van der Waals surface area (Å²) in [6.07, 6.45) is 1.42. The van der Waals surface area contributed by atoms with Crippen molar-refractivity contribution in [2.75, 3.05) is 25.0 Å². The maximum absolute atomic E-state index is 12.9. The Hall–Kier alpha value is -1.62. The predicted octanol–water partition coefficient (Wildman–Crippen LogP) is 2.17. The van der Waals surface area contributed by atoms with Crippen molar-refractivity contribution in [1.29, 1.82) is 0 Å². The van der Waals surface area contributed by atoms with Crippen molar-refractivity contribution in [2.24, 2.45) is 5.92 Å². The number of halogens is 1. The van der Waals surface area contributed by atoms with Gasteiger partial charge in [-0.15, -0.1) is 0 Å². The Morgan fingerprint density at radius 2 is 2.30 bits per heavy atom. The molecular weight excluding hydrogens is 259 g/mol. The quantitative estimate of drug-likeness (QED) is 0.785. The second kappa shape index (κ2) is 7.24. The summed E-state index contributed by atoms with van der Waals surface area (Å²) in [5, 5.41) is 5.99. The number of carbonyl (C=O) groups is 1. The standard InChI is InChI=1S/C15H21FN2O2/c1-11-6-9-20-14(11)15(19)18-8-3-7-17-13-5-2-4-12(16)10-13/h2,4-5,10-11,14,17H,3,6-9H2,1H3,(H,18,19)/t11-,14+/m1/s1. The first-order valence-electron chi connectivity index (χ1n) is 7.05. The smallest absolute Gasteiger partial charge is 0.249 e. The van der Waals surface area contributed by atoms with Gasteiger partial charge in [-0.3, -0.25) is 4.79 Å². The lowest BCUT2D eigenvalue weighted by molar-refractivity contribution is -0.131. The molecule has 0 radical (unpaired) electrons. The van der Waals surface area contributed by atoms with E-state index in [1.807, 2.05) is 13.0 Å². The molecule has 0 aliphatic carbocycles. The van der Waals surface area contributed by atoms with Crippen LogP contribution in [0.2, 0.25) is 0 Å². The van der Waals surface area contributed by atoms with E-state index >= 15 is 0 Å². The minimum Gasteiger partial charge on any atom is -0.385 e. The molecule has 20 heavy (non-hydrogen) atoms. The molecule has 1 aliphatic heterocycles. The molecule has 110 valence electrons. The molecule has 1 fully saturated rings. The zero-order valence-electron chi connectivity index (χ0n) is 11.7. The lowest BCUT2D eigenvalue weighted by Crippen LogP contribution is -2.38. The molecule has 1 aliphatic rings. The van der Waals surface area contributed by atoms with Crippen LogP contribution in [0, 0.1) is 11.7 Å². The molecule has 1 aromatic rings. The lowest BCUT2D eigenvalue weighted by atomic mass is 10.0. The Bertz CT molecular complexity index is 453. The second-order valence-electron chi connectivity index (χ2n) is 5.14. The maximum Gasteiger partial charge on any atom is 0.249 e. The molecule has 0 bridgehead atoms. The van der Waals surface area contributed by atoms with Crippen molar-refractivity contribution in [3.63, 3.8) is 0 Å². The molecule has 2 N–H and O–H groups in total. The zero-order valence-corrected chi connectivity index (χ0v) is 11.7. The average Bonchev–Trinajstić information content (AvgIpc) is 2.84. The van der Waals surface area contributed by atoms with Gasteiger partial charge in [-0.2, -0.15) is 0 Å². The van der Waals surface area contributed by atoms with Crippen LogP contribution in [0.4, 0.5) is 10.1 Å². The maximum atomic E-state index is 12.9. The highest BCUT2D eigenvalue weighted by atomic mass is 19.1. The van der Waals surface area contributed by atoms with Crippen molar-refractivity contribution in [3.8, 4) is 0 Å². The fourth-order valence-electron chi connectivity index (χ4n) is 2.26. The van der Waals surface area contributed by atoms with Crippen molar-refractivity contribution in [2.45, 2.75) is 25.9 Å². The van der Waals surface area contributed by atoms with Crippen LogP contribution in [0.15, 0.2) is 24.3 Å². The molecule has 1 aromatic carbocycles. The highest BCUT2D eigenvalue weighted by molar-refractivity contribution is 5.81. The molecule has 5 heteroatoms. The number of ether oxygens (including phenoxy) is 1. The molecule has 1 heterocycles. The van der Waals surface area contributed by atoms with Crippen LogP contribution < -0.4 is 10.6 Å². The van der Waals surface area contributed by atoms with E-state index in [0.29, 0.717) is 25.6 Å². The lowest BCUT2D eigenvalue weighted by Gasteiger charge is -2.14. The summed E-state index contributed by atoms with van der Waals surface area (Å²) in [4.78, 5) is 11.8. The Morgan fingerprint density at radius 1 is 1.45 bits per heavy atom. The summed E-state index contributed by atoms with van der Waals surface area (Å²) >= 11 is 0. The normalized spacial score (nSPS) is 21.7. The van der Waals surface area contributed by atoms with Gasteiger partial charge < -0.3 is 15.4 Å². The van der Waals surface area contributed by atoms with Crippen LogP contribution in [0.1, 0.15) is 19.8 Å². The Morgan fingerprint density at radius 3 is 3.00 bits per heavy atom. The fourth-order valence-corrected chi connectivity index (χ4v) is 2.26. The van der Waals surface area contributed by atoms with Gasteiger partial charge in [0.15, 0.2) is 0 Å². The van der Waals surface area contributed by atoms with Crippen molar-refractivity contribution >= 4 is 11.6 Å². The topological polar surface area (TPSA) is 50.4 Å². The summed E-state index contributed by atoms with van der Waals surface area (Å²) in [6, 6.07) is 6.34. The van der Waals surface area contributed by atoms with Gasteiger partial charge in [0.1, 0.15) is 11.9 Å². The van der Waals surface area contributed by atoms with E-state index in [1.165, 1.54) is 12.1 Å². The summed E-state index contributed by atoms with van der Waals surface area (Å²) in [5.74, 6) is 0.0110. The number of rotatable bonds is 6. The molecule has 1 amide bonds. The first-order valence-corrected chi connectivity index (χ1v) is 7.05. The first kappa shape index (κ1) is 14.8. The molecule has 0 unspecified atom stereocenters. The molecule has 0 aromatic heterocycles. The van der Waals surface area contributed by atoms with E-state index in [1.54, 1.807) is 6.07 Å². The summed E-state index contributed by atoms with van der Waals surface area (Å²) in [5.41, 5.74) is 0.754. The van der Waals surface area contributed by atoms with E-state index in [9.17, 15) is 9.18 Å². The van der Waals surface area contributed by atoms with Crippen LogP contribution >= 0.6 is 0 Å². The van der Waals surface area contributed by atoms with Gasteiger partial charge in [-0.05, 0) is 37.0 Å². The van der Waals surface area contributed by atoms with E-state index in [-0.39, 0.29) is 17.8 Å². The molecule has 0 spiro atoms.